The first-order valence-corrected chi connectivity index (χ1v) is 9.12. The van der Waals surface area contributed by atoms with Gasteiger partial charge in [-0.05, 0) is 6.92 Å². The molecule has 140 valence electrons. The molecular formula is C13H21N4O7P. The first-order valence-electron chi connectivity index (χ1n) is 7.59. The lowest BCUT2D eigenvalue weighted by molar-refractivity contribution is -0.137. The van der Waals surface area contributed by atoms with Gasteiger partial charge in [-0.25, -0.2) is 9.55 Å². The first-order chi connectivity index (χ1) is 11.7. The molecule has 2 amide bonds. The summed E-state index contributed by atoms with van der Waals surface area (Å²) in [5, 5.41) is 2.35. The molecule has 2 heterocycles. The van der Waals surface area contributed by atoms with E-state index in [0.717, 1.165) is 0 Å². The number of hydrogen-bond acceptors (Lipinski definition) is 7. The van der Waals surface area contributed by atoms with Crippen LogP contribution in [0.3, 0.4) is 0 Å². The Kier molecular flexibility index (Phi) is 6.17. The number of aryl methyl sites for hydroxylation is 1. The third-order valence-corrected chi connectivity index (χ3v) is 4.04. The zero-order valence-electron chi connectivity index (χ0n) is 13.9. The Morgan fingerprint density at radius 2 is 2.04 bits per heavy atom. The second-order valence-electron chi connectivity index (χ2n) is 5.61. The van der Waals surface area contributed by atoms with E-state index in [0.29, 0.717) is 38.0 Å². The molecule has 1 fully saturated rings. The fourth-order valence-electron chi connectivity index (χ4n) is 2.42. The molecule has 0 bridgehead atoms. The molecule has 0 spiro atoms. The van der Waals surface area contributed by atoms with Crippen LogP contribution in [0.25, 0.3) is 0 Å². The molecule has 11 nitrogen and oxygen atoms in total. The van der Waals surface area contributed by atoms with Gasteiger partial charge in [0.1, 0.15) is 11.8 Å². The standard InChI is InChI=1S/C13H21N4O7P/c1-9-7-14-13(24-9)17-5-3-16(4-6-17)12(19)11(15-10(2)18)8-23-25(20,21)22/h7,11H,3-6,8H2,1-2H3,(H,15,18)(H2,20,21,22)/t11-/m0/s1. The number of aromatic nitrogens is 1. The highest BCUT2D eigenvalue weighted by molar-refractivity contribution is 7.46. The lowest BCUT2D eigenvalue weighted by atomic mass is 10.2. The third-order valence-electron chi connectivity index (χ3n) is 3.56. The minimum absolute atomic E-state index is 0.353. The van der Waals surface area contributed by atoms with Gasteiger partial charge < -0.3 is 29.3 Å². The van der Waals surface area contributed by atoms with Crippen molar-refractivity contribution in [1.29, 1.82) is 0 Å². The Morgan fingerprint density at radius 1 is 1.40 bits per heavy atom. The van der Waals surface area contributed by atoms with Crippen LogP contribution in [0.4, 0.5) is 6.01 Å². The molecule has 1 aliphatic heterocycles. The summed E-state index contributed by atoms with van der Waals surface area (Å²) in [4.78, 5) is 48.8. The SMILES string of the molecule is CC(=O)N[C@@H](COP(=O)(O)O)C(=O)N1CCN(c2ncc(C)o2)CC1. The van der Waals surface area contributed by atoms with E-state index in [9.17, 15) is 14.2 Å². The van der Waals surface area contributed by atoms with Crippen molar-refractivity contribution in [3.8, 4) is 0 Å². The number of anilines is 1. The highest BCUT2D eigenvalue weighted by atomic mass is 31.2. The maximum Gasteiger partial charge on any atom is 0.469 e. The van der Waals surface area contributed by atoms with E-state index in [1.165, 1.54) is 11.8 Å². The Labute approximate surface area is 144 Å². The van der Waals surface area contributed by atoms with Gasteiger partial charge in [0.15, 0.2) is 0 Å². The van der Waals surface area contributed by atoms with Gasteiger partial charge in [-0.15, -0.1) is 0 Å². The van der Waals surface area contributed by atoms with Crippen LogP contribution >= 0.6 is 7.82 Å². The molecule has 0 radical (unpaired) electrons. The molecule has 0 unspecified atom stereocenters. The van der Waals surface area contributed by atoms with E-state index in [1.807, 2.05) is 4.90 Å². The molecule has 0 aliphatic carbocycles. The smallest absolute Gasteiger partial charge is 0.429 e. The van der Waals surface area contributed by atoms with Gasteiger partial charge in [0.05, 0.1) is 12.8 Å². The van der Waals surface area contributed by atoms with E-state index < -0.39 is 32.3 Å². The minimum atomic E-state index is -4.74. The summed E-state index contributed by atoms with van der Waals surface area (Å²) in [7, 11) is -4.74. The van der Waals surface area contributed by atoms with Crippen molar-refractivity contribution >= 4 is 25.7 Å². The summed E-state index contributed by atoms with van der Waals surface area (Å²) in [6.45, 7) is 4.06. The quantitative estimate of drug-likeness (QED) is 0.546. The van der Waals surface area contributed by atoms with E-state index in [2.05, 4.69) is 14.8 Å². The van der Waals surface area contributed by atoms with Gasteiger partial charge in [-0.3, -0.25) is 14.1 Å². The Balaban J connectivity index is 1.95. The molecule has 12 heteroatoms. The largest absolute Gasteiger partial charge is 0.469 e. The number of phosphoric acid groups is 1. The van der Waals surface area contributed by atoms with Crippen LogP contribution in [-0.4, -0.2) is 70.3 Å². The van der Waals surface area contributed by atoms with Gasteiger partial charge in [-0.2, -0.15) is 0 Å². The number of hydrogen-bond donors (Lipinski definition) is 3. The van der Waals surface area contributed by atoms with Crippen molar-refractivity contribution in [3.05, 3.63) is 12.0 Å². The molecule has 3 N–H and O–H groups in total. The Hall–Kier alpha value is -1.94. The van der Waals surface area contributed by atoms with Gasteiger partial charge in [0.25, 0.3) is 6.01 Å². The summed E-state index contributed by atoms with van der Waals surface area (Å²) in [5.74, 6) is -0.276. The van der Waals surface area contributed by atoms with Crippen molar-refractivity contribution in [2.24, 2.45) is 0 Å². The molecule has 1 saturated heterocycles. The number of nitrogens with one attached hydrogen (secondary N) is 1. The maximum atomic E-state index is 12.5. The van der Waals surface area contributed by atoms with E-state index in [-0.39, 0.29) is 0 Å². The average Bonchev–Trinajstić information content (AvgIpc) is 2.96. The first kappa shape index (κ1) is 19.4. The maximum absolute atomic E-state index is 12.5. The number of carbonyl (C=O) groups is 2. The predicted molar refractivity (Wildman–Crippen MR) is 85.6 cm³/mol. The van der Waals surface area contributed by atoms with Crippen molar-refractivity contribution in [1.82, 2.24) is 15.2 Å². The molecule has 2 rings (SSSR count). The topological polar surface area (TPSA) is 145 Å². The van der Waals surface area contributed by atoms with Crippen molar-refractivity contribution in [2.75, 3.05) is 37.7 Å². The number of amides is 2. The van der Waals surface area contributed by atoms with Crippen LogP contribution in [0.15, 0.2) is 10.6 Å². The lowest BCUT2D eigenvalue weighted by Gasteiger charge is -2.35. The highest BCUT2D eigenvalue weighted by Crippen LogP contribution is 2.35. The zero-order valence-corrected chi connectivity index (χ0v) is 14.8. The van der Waals surface area contributed by atoms with Crippen LogP contribution in [0.2, 0.25) is 0 Å². The van der Waals surface area contributed by atoms with Crippen LogP contribution in [0, 0.1) is 6.92 Å². The van der Waals surface area contributed by atoms with Crippen molar-refractivity contribution in [3.63, 3.8) is 0 Å². The molecule has 1 aliphatic rings. The minimum Gasteiger partial charge on any atom is -0.429 e. The van der Waals surface area contributed by atoms with Crippen LogP contribution < -0.4 is 10.2 Å². The van der Waals surface area contributed by atoms with E-state index in [4.69, 9.17) is 14.2 Å². The van der Waals surface area contributed by atoms with Gasteiger partial charge >= 0.3 is 7.82 Å². The van der Waals surface area contributed by atoms with Crippen molar-refractivity contribution in [2.45, 2.75) is 19.9 Å². The summed E-state index contributed by atoms with van der Waals surface area (Å²) in [6.07, 6.45) is 1.61. The van der Waals surface area contributed by atoms with E-state index in [1.54, 1.807) is 13.1 Å². The molecular weight excluding hydrogens is 355 g/mol. The number of piperazine rings is 1. The van der Waals surface area contributed by atoms with Gasteiger partial charge in [-0.1, -0.05) is 0 Å². The lowest BCUT2D eigenvalue weighted by Crippen LogP contribution is -2.56. The normalized spacial score (nSPS) is 16.6. The molecule has 1 atom stereocenters. The highest BCUT2D eigenvalue weighted by Gasteiger charge is 2.31. The predicted octanol–water partition coefficient (Wildman–Crippen LogP) is -0.754. The Bertz CT molecular complexity index is 665. The van der Waals surface area contributed by atoms with Crippen LogP contribution in [0.5, 0.6) is 0 Å². The van der Waals surface area contributed by atoms with Gasteiger partial charge in [0, 0.05) is 33.1 Å². The number of nitrogens with zero attached hydrogens (tertiary/aromatic N) is 3. The second-order valence-corrected chi connectivity index (χ2v) is 6.84. The van der Waals surface area contributed by atoms with Crippen molar-refractivity contribution < 1.29 is 32.9 Å². The number of carbonyl (C=O) groups excluding carboxylic acids is 2. The molecule has 0 saturated carbocycles. The van der Waals surface area contributed by atoms with Crippen LogP contribution in [0.1, 0.15) is 12.7 Å². The molecule has 0 aromatic carbocycles. The fraction of sp³-hybridized carbons (Fsp3) is 0.615. The summed E-state index contributed by atoms with van der Waals surface area (Å²) < 4.78 is 20.6. The molecule has 1 aromatic rings. The number of rotatable bonds is 6. The summed E-state index contributed by atoms with van der Waals surface area (Å²) in [5.41, 5.74) is 0. The second kappa shape index (κ2) is 7.96. The monoisotopic (exact) mass is 376 g/mol. The Morgan fingerprint density at radius 3 is 2.52 bits per heavy atom. The zero-order chi connectivity index (χ0) is 18.6. The van der Waals surface area contributed by atoms with Crippen LogP contribution in [-0.2, 0) is 18.7 Å². The number of oxazole rings is 1. The number of phosphoric ester groups is 1. The van der Waals surface area contributed by atoms with Gasteiger partial charge in [0.2, 0.25) is 11.8 Å². The average molecular weight is 376 g/mol. The third kappa shape index (κ3) is 5.82. The summed E-state index contributed by atoms with van der Waals surface area (Å²) >= 11 is 0. The summed E-state index contributed by atoms with van der Waals surface area (Å²) in [6, 6.07) is -0.687. The molecule has 1 aromatic heterocycles. The fourth-order valence-corrected chi connectivity index (χ4v) is 2.76. The molecule has 25 heavy (non-hydrogen) atoms. The van der Waals surface area contributed by atoms with E-state index >= 15 is 0 Å².